The maximum Gasteiger partial charge on any atom is 0.419 e. The van der Waals surface area contributed by atoms with E-state index in [1.54, 1.807) is 0 Å². The van der Waals surface area contributed by atoms with Crippen LogP contribution in [0, 0.1) is 5.82 Å². The highest BCUT2D eigenvalue weighted by Gasteiger charge is 2.34. The van der Waals surface area contributed by atoms with E-state index in [1.807, 2.05) is 0 Å². The fourth-order valence-corrected chi connectivity index (χ4v) is 1.41. The number of rotatable bonds is 1. The normalized spacial score (nSPS) is 15.8. The molecule has 4 nitrogen and oxygen atoms in total. The van der Waals surface area contributed by atoms with Crippen molar-refractivity contribution >= 4 is 11.7 Å². The Kier molecular flexibility index (Phi) is 2.93. The first-order chi connectivity index (χ1) is 8.38. The summed E-state index contributed by atoms with van der Waals surface area (Å²) in [5.74, 6) is -1.70. The first-order valence-corrected chi connectivity index (χ1v) is 4.84. The van der Waals surface area contributed by atoms with Gasteiger partial charge in [0.05, 0.1) is 5.56 Å². The predicted octanol–water partition coefficient (Wildman–Crippen LogP) is 1.23. The molecular weight excluding hydrogens is 254 g/mol. The number of hydrogen-bond donors (Lipinski definition) is 2. The summed E-state index contributed by atoms with van der Waals surface area (Å²) in [5.41, 5.74) is 3.22. The Morgan fingerprint density at radius 3 is 2.50 bits per heavy atom. The van der Waals surface area contributed by atoms with Gasteiger partial charge >= 0.3 is 6.18 Å². The van der Waals surface area contributed by atoms with E-state index in [1.165, 1.54) is 0 Å². The molecule has 8 heteroatoms. The smallest absolute Gasteiger partial charge is 0.282 e. The van der Waals surface area contributed by atoms with Crippen molar-refractivity contribution in [3.05, 3.63) is 35.1 Å². The number of benzene rings is 1. The molecular formula is C10H7F4N3O. The second-order valence-electron chi connectivity index (χ2n) is 3.53. The molecule has 0 unspecified atom stereocenters. The number of nitrogens with zero attached hydrogens (tertiary/aromatic N) is 1. The van der Waals surface area contributed by atoms with Crippen LogP contribution in [-0.2, 0) is 11.0 Å². The molecule has 96 valence electrons. The van der Waals surface area contributed by atoms with Crippen LogP contribution in [0.5, 0.6) is 0 Å². The van der Waals surface area contributed by atoms with Crippen molar-refractivity contribution in [3.8, 4) is 0 Å². The largest absolute Gasteiger partial charge is 0.419 e. The lowest BCUT2D eigenvalue weighted by Gasteiger charge is -2.17. The quantitative estimate of drug-likeness (QED) is 0.747. The monoisotopic (exact) mass is 261 g/mol. The third-order valence-corrected chi connectivity index (χ3v) is 2.25. The maximum atomic E-state index is 13.0. The van der Waals surface area contributed by atoms with Crippen molar-refractivity contribution < 1.29 is 22.4 Å². The molecule has 0 bridgehead atoms. The molecule has 1 aliphatic rings. The maximum absolute atomic E-state index is 13.0. The average Bonchev–Trinajstić information content (AvgIpc) is 2.29. The lowest BCUT2D eigenvalue weighted by atomic mass is 10.1. The van der Waals surface area contributed by atoms with Gasteiger partial charge in [0.2, 0.25) is 0 Å². The molecule has 18 heavy (non-hydrogen) atoms. The number of halogens is 4. The number of hydrazine groups is 1. The summed E-state index contributed by atoms with van der Waals surface area (Å²) in [5, 5.41) is 0. The van der Waals surface area contributed by atoms with Crippen LogP contribution in [0.15, 0.2) is 23.2 Å². The van der Waals surface area contributed by atoms with Gasteiger partial charge in [0.1, 0.15) is 18.2 Å². The highest BCUT2D eigenvalue weighted by molar-refractivity contribution is 6.02. The molecule has 2 N–H and O–H groups in total. The van der Waals surface area contributed by atoms with Gasteiger partial charge in [-0.2, -0.15) is 13.2 Å². The zero-order valence-corrected chi connectivity index (χ0v) is 8.81. The third-order valence-electron chi connectivity index (χ3n) is 2.25. The van der Waals surface area contributed by atoms with E-state index in [0.29, 0.717) is 12.1 Å². The Balaban J connectivity index is 2.39. The Bertz CT molecular complexity index is 524. The summed E-state index contributed by atoms with van der Waals surface area (Å²) in [6, 6.07) is 2.49. The number of aliphatic imine (C=N–C) groups is 1. The minimum Gasteiger partial charge on any atom is -0.282 e. The first kappa shape index (κ1) is 12.3. The van der Waals surface area contributed by atoms with Gasteiger partial charge in [-0.05, 0) is 18.2 Å². The van der Waals surface area contributed by atoms with Crippen molar-refractivity contribution in [2.45, 2.75) is 6.18 Å². The van der Waals surface area contributed by atoms with E-state index >= 15 is 0 Å². The third kappa shape index (κ3) is 2.41. The van der Waals surface area contributed by atoms with Crippen LogP contribution in [0.1, 0.15) is 11.1 Å². The molecule has 0 radical (unpaired) electrons. The van der Waals surface area contributed by atoms with Gasteiger partial charge in [-0.15, -0.1) is 0 Å². The van der Waals surface area contributed by atoms with Crippen LogP contribution in [0.3, 0.4) is 0 Å². The summed E-state index contributed by atoms with van der Waals surface area (Å²) >= 11 is 0. The first-order valence-electron chi connectivity index (χ1n) is 4.84. The summed E-state index contributed by atoms with van der Waals surface area (Å²) in [4.78, 5) is 14.5. The molecule has 0 aliphatic carbocycles. The number of amides is 1. The van der Waals surface area contributed by atoms with Gasteiger partial charge in [-0.25, -0.2) is 4.39 Å². The summed E-state index contributed by atoms with van der Waals surface area (Å²) in [6.45, 7) is -0.193. The highest BCUT2D eigenvalue weighted by atomic mass is 19.4. The van der Waals surface area contributed by atoms with Crippen molar-refractivity contribution in [2.24, 2.45) is 4.99 Å². The SMILES string of the molecule is O=C1CN=C(c2ccc(F)c(C(F)(F)F)c2)NN1. The predicted molar refractivity (Wildman–Crippen MR) is 54.1 cm³/mol. The number of alkyl halides is 3. The van der Waals surface area contributed by atoms with E-state index in [0.717, 1.165) is 6.07 Å². The van der Waals surface area contributed by atoms with Crippen LogP contribution < -0.4 is 10.9 Å². The van der Waals surface area contributed by atoms with Crippen molar-refractivity contribution in [3.63, 3.8) is 0 Å². The van der Waals surface area contributed by atoms with Gasteiger partial charge in [0, 0.05) is 5.56 Å². The van der Waals surface area contributed by atoms with Gasteiger partial charge in [0.15, 0.2) is 0 Å². The Hall–Kier alpha value is -2.12. The van der Waals surface area contributed by atoms with Gasteiger partial charge < -0.3 is 0 Å². The second-order valence-corrected chi connectivity index (χ2v) is 3.53. The molecule has 0 spiro atoms. The van der Waals surface area contributed by atoms with Crippen LogP contribution in [-0.4, -0.2) is 18.3 Å². The summed E-state index contributed by atoms with van der Waals surface area (Å²) in [6.07, 6.45) is -4.78. The molecule has 1 amide bonds. The van der Waals surface area contributed by atoms with Crippen molar-refractivity contribution in [1.82, 2.24) is 10.9 Å². The van der Waals surface area contributed by atoms with E-state index in [9.17, 15) is 22.4 Å². The fourth-order valence-electron chi connectivity index (χ4n) is 1.41. The standard InChI is InChI=1S/C10H7F4N3O/c11-7-2-1-5(3-6(7)10(12,13)14)9-15-4-8(18)16-17-9/h1-3H,4H2,(H,15,17)(H,16,18). The van der Waals surface area contributed by atoms with Crippen molar-refractivity contribution in [1.29, 1.82) is 0 Å². The molecule has 1 aliphatic heterocycles. The lowest BCUT2D eigenvalue weighted by molar-refractivity contribution is -0.140. The number of hydrogen-bond acceptors (Lipinski definition) is 3. The molecule has 0 fully saturated rings. The van der Waals surface area contributed by atoms with E-state index in [2.05, 4.69) is 15.8 Å². The van der Waals surface area contributed by atoms with E-state index in [4.69, 9.17) is 0 Å². The summed E-state index contributed by atoms with van der Waals surface area (Å²) < 4.78 is 50.5. The molecule has 2 rings (SSSR count). The Morgan fingerprint density at radius 1 is 1.22 bits per heavy atom. The lowest BCUT2D eigenvalue weighted by Crippen LogP contribution is -2.47. The molecule has 1 aromatic carbocycles. The topological polar surface area (TPSA) is 53.5 Å². The minimum atomic E-state index is -4.78. The molecule has 0 atom stereocenters. The van der Waals surface area contributed by atoms with E-state index in [-0.39, 0.29) is 17.9 Å². The number of amidine groups is 1. The highest BCUT2D eigenvalue weighted by Crippen LogP contribution is 2.31. The molecule has 0 saturated carbocycles. The fraction of sp³-hybridized carbons (Fsp3) is 0.200. The molecule has 1 aromatic rings. The van der Waals surface area contributed by atoms with Crippen LogP contribution >= 0.6 is 0 Å². The van der Waals surface area contributed by atoms with Crippen LogP contribution in [0.25, 0.3) is 0 Å². The average molecular weight is 261 g/mol. The number of carbonyl (C=O) groups is 1. The molecule has 0 saturated heterocycles. The van der Waals surface area contributed by atoms with Gasteiger partial charge in [-0.1, -0.05) is 0 Å². The number of nitrogens with one attached hydrogen (secondary N) is 2. The number of carbonyl (C=O) groups excluding carboxylic acids is 1. The Morgan fingerprint density at radius 2 is 1.94 bits per heavy atom. The molecule has 1 heterocycles. The van der Waals surface area contributed by atoms with Gasteiger partial charge in [0.25, 0.3) is 5.91 Å². The van der Waals surface area contributed by atoms with Crippen molar-refractivity contribution in [2.75, 3.05) is 6.54 Å². The minimum absolute atomic E-state index is 0.0451. The summed E-state index contributed by atoms with van der Waals surface area (Å²) in [7, 11) is 0. The van der Waals surface area contributed by atoms with Gasteiger partial charge in [-0.3, -0.25) is 20.6 Å². The Labute approximate surface area is 98.7 Å². The molecule has 0 aromatic heterocycles. The van der Waals surface area contributed by atoms with Crippen LogP contribution in [0.2, 0.25) is 0 Å². The second kappa shape index (κ2) is 4.28. The van der Waals surface area contributed by atoms with E-state index < -0.39 is 23.5 Å². The zero-order chi connectivity index (χ0) is 13.3. The van der Waals surface area contributed by atoms with Crippen LogP contribution in [0.4, 0.5) is 17.6 Å². The zero-order valence-electron chi connectivity index (χ0n) is 8.81.